The largest absolute Gasteiger partial charge is 0.326 e. The fraction of sp³-hybridized carbons (Fsp3) is 0.136. The molecule has 0 aliphatic carbocycles. The molecule has 0 spiro atoms. The second-order valence-corrected chi connectivity index (χ2v) is 6.79. The maximum Gasteiger partial charge on any atom is 0.287 e. The third-order valence-corrected chi connectivity index (χ3v) is 4.77. The number of hydrogen-bond acceptors (Lipinski definition) is 1. The zero-order valence-electron chi connectivity index (χ0n) is 14.9. The lowest BCUT2D eigenvalue weighted by atomic mass is 10.0. The van der Waals surface area contributed by atoms with E-state index in [1.165, 1.54) is 12.1 Å². The van der Waals surface area contributed by atoms with E-state index in [0.717, 1.165) is 11.1 Å². The van der Waals surface area contributed by atoms with Gasteiger partial charge in [-0.25, -0.2) is 4.39 Å². The van der Waals surface area contributed by atoms with Crippen molar-refractivity contribution in [2.75, 3.05) is 5.32 Å². The monoisotopic (exact) mass is 383 g/mol. The van der Waals surface area contributed by atoms with E-state index in [-0.39, 0.29) is 17.8 Å². The zero-order valence-corrected chi connectivity index (χ0v) is 15.7. The highest BCUT2D eigenvalue weighted by atomic mass is 35.5. The van der Waals surface area contributed by atoms with E-state index in [9.17, 15) is 9.18 Å². The summed E-state index contributed by atoms with van der Waals surface area (Å²) in [5.74, 6) is -0.516. The van der Waals surface area contributed by atoms with E-state index in [4.69, 9.17) is 11.6 Å². The molecule has 0 unspecified atom stereocenters. The molecule has 3 N–H and O–H groups in total. The van der Waals surface area contributed by atoms with Crippen LogP contribution in [-0.4, -0.2) is 5.91 Å². The van der Waals surface area contributed by atoms with Crippen LogP contribution in [0.2, 0.25) is 5.02 Å². The van der Waals surface area contributed by atoms with Gasteiger partial charge in [0, 0.05) is 21.8 Å². The van der Waals surface area contributed by atoms with Crippen molar-refractivity contribution in [3.63, 3.8) is 0 Å². The molecule has 0 aliphatic heterocycles. The number of nitrogens with two attached hydrogens (primary N) is 1. The number of hydrogen-bond donors (Lipinski definition) is 2. The third-order valence-electron chi connectivity index (χ3n) is 4.43. The summed E-state index contributed by atoms with van der Waals surface area (Å²) in [5, 5.41) is 5.52. The van der Waals surface area contributed by atoms with Gasteiger partial charge in [0.25, 0.3) is 5.91 Å². The average Bonchev–Trinajstić information content (AvgIpc) is 2.68. The van der Waals surface area contributed by atoms with Gasteiger partial charge < -0.3 is 10.6 Å². The van der Waals surface area contributed by atoms with Gasteiger partial charge in [0.1, 0.15) is 11.9 Å². The van der Waals surface area contributed by atoms with Crippen molar-refractivity contribution < 1.29 is 14.5 Å². The summed E-state index contributed by atoms with van der Waals surface area (Å²) in [6.45, 7) is 2.02. The highest BCUT2D eigenvalue weighted by Crippen LogP contribution is 2.21. The summed E-state index contributed by atoms with van der Waals surface area (Å²) in [7, 11) is 0. The number of carbonyl (C=O) groups is 1. The maximum atomic E-state index is 13.1. The fourth-order valence-electron chi connectivity index (χ4n) is 3.00. The van der Waals surface area contributed by atoms with E-state index < -0.39 is 6.04 Å². The molecule has 0 saturated carbocycles. The topological polar surface area (TPSA) is 45.7 Å². The Balaban J connectivity index is 1.84. The van der Waals surface area contributed by atoms with Crippen molar-refractivity contribution >= 4 is 23.2 Å². The lowest BCUT2D eigenvalue weighted by molar-refractivity contribution is -0.718. The number of quaternary nitrogens is 1. The van der Waals surface area contributed by atoms with Gasteiger partial charge in [-0.15, -0.1) is 0 Å². The van der Waals surface area contributed by atoms with Crippen molar-refractivity contribution in [2.24, 2.45) is 0 Å². The van der Waals surface area contributed by atoms with Crippen LogP contribution in [0.15, 0.2) is 78.9 Å². The Morgan fingerprint density at radius 1 is 0.963 bits per heavy atom. The van der Waals surface area contributed by atoms with Crippen LogP contribution in [-0.2, 0) is 4.79 Å². The highest BCUT2D eigenvalue weighted by Gasteiger charge is 2.27. The minimum atomic E-state index is -0.470. The molecule has 138 valence electrons. The predicted octanol–water partition coefficient (Wildman–Crippen LogP) is 4.48. The van der Waals surface area contributed by atoms with Gasteiger partial charge >= 0.3 is 0 Å². The molecular weight excluding hydrogens is 363 g/mol. The van der Waals surface area contributed by atoms with Crippen molar-refractivity contribution in [2.45, 2.75) is 19.0 Å². The van der Waals surface area contributed by atoms with Gasteiger partial charge in [-0.2, -0.15) is 0 Å². The molecule has 0 fully saturated rings. The first kappa shape index (κ1) is 19.1. The standard InChI is InChI=1S/C22H20ClFN2O/c1-15(19-9-5-6-10-20(19)23)25-21(16-7-3-2-4-8-16)22(27)26-18-13-11-17(24)12-14-18/h2-15,21,25H,1H3,(H,26,27)/p+1/t15-,21-/m0/s1. The molecule has 3 aromatic carbocycles. The van der Waals surface area contributed by atoms with Crippen LogP contribution in [0.3, 0.4) is 0 Å². The molecule has 5 heteroatoms. The maximum absolute atomic E-state index is 13.1. The van der Waals surface area contributed by atoms with Gasteiger partial charge in [0.15, 0.2) is 6.04 Å². The van der Waals surface area contributed by atoms with Crippen LogP contribution in [0.25, 0.3) is 0 Å². The number of carbonyl (C=O) groups excluding carboxylic acids is 1. The second kappa shape index (κ2) is 8.80. The molecule has 0 saturated heterocycles. The summed E-state index contributed by atoms with van der Waals surface area (Å²) in [5.41, 5.74) is 2.41. The van der Waals surface area contributed by atoms with Crippen molar-refractivity contribution in [1.29, 1.82) is 0 Å². The summed E-state index contributed by atoms with van der Waals surface area (Å²) in [6, 6.07) is 22.4. The number of anilines is 1. The van der Waals surface area contributed by atoms with Gasteiger partial charge in [-0.1, -0.05) is 60.1 Å². The molecule has 27 heavy (non-hydrogen) atoms. The van der Waals surface area contributed by atoms with Crippen LogP contribution in [0.1, 0.15) is 30.1 Å². The second-order valence-electron chi connectivity index (χ2n) is 6.39. The Bertz CT molecular complexity index is 900. The molecule has 0 aliphatic rings. The summed E-state index contributed by atoms with van der Waals surface area (Å²) in [4.78, 5) is 13.0. The molecular formula is C22H21ClFN2O+. The molecule has 3 nitrogen and oxygen atoms in total. The molecule has 0 aromatic heterocycles. The molecule has 3 aromatic rings. The van der Waals surface area contributed by atoms with Crippen molar-refractivity contribution in [1.82, 2.24) is 0 Å². The molecule has 1 amide bonds. The lowest BCUT2D eigenvalue weighted by Gasteiger charge is -2.21. The van der Waals surface area contributed by atoms with Crippen LogP contribution in [0, 0.1) is 5.82 Å². The van der Waals surface area contributed by atoms with Gasteiger partial charge in [0.2, 0.25) is 0 Å². The Morgan fingerprint density at radius 3 is 2.26 bits per heavy atom. The molecule has 0 radical (unpaired) electrons. The van der Waals surface area contributed by atoms with Crippen LogP contribution < -0.4 is 10.6 Å². The van der Waals surface area contributed by atoms with Crippen LogP contribution >= 0.6 is 11.6 Å². The van der Waals surface area contributed by atoms with Crippen molar-refractivity contribution in [3.8, 4) is 0 Å². The number of nitrogens with one attached hydrogen (secondary N) is 1. The Kier molecular flexibility index (Phi) is 6.22. The summed E-state index contributed by atoms with van der Waals surface area (Å²) in [6.07, 6.45) is 0. The number of halogens is 2. The minimum absolute atomic E-state index is 0.0251. The first-order valence-electron chi connectivity index (χ1n) is 8.75. The molecule has 0 bridgehead atoms. The van der Waals surface area contributed by atoms with Gasteiger partial charge in [0.05, 0.1) is 0 Å². The van der Waals surface area contributed by atoms with Crippen molar-refractivity contribution in [3.05, 3.63) is 101 Å². The van der Waals surface area contributed by atoms with Gasteiger partial charge in [-0.3, -0.25) is 4.79 Å². The molecule has 3 rings (SSSR count). The fourth-order valence-corrected chi connectivity index (χ4v) is 3.31. The summed E-state index contributed by atoms with van der Waals surface area (Å²) < 4.78 is 13.1. The average molecular weight is 384 g/mol. The van der Waals surface area contributed by atoms with E-state index in [1.807, 2.05) is 66.8 Å². The Hall–Kier alpha value is -2.69. The summed E-state index contributed by atoms with van der Waals surface area (Å²) >= 11 is 6.32. The first-order valence-corrected chi connectivity index (χ1v) is 9.13. The number of rotatable bonds is 6. The van der Waals surface area contributed by atoms with E-state index >= 15 is 0 Å². The van der Waals surface area contributed by atoms with E-state index in [0.29, 0.717) is 10.7 Å². The molecule has 0 heterocycles. The normalized spacial score (nSPS) is 13.0. The minimum Gasteiger partial charge on any atom is -0.326 e. The lowest BCUT2D eigenvalue weighted by Crippen LogP contribution is -2.87. The first-order chi connectivity index (χ1) is 13.0. The smallest absolute Gasteiger partial charge is 0.287 e. The number of amides is 1. The Morgan fingerprint density at radius 2 is 1.59 bits per heavy atom. The predicted molar refractivity (Wildman–Crippen MR) is 106 cm³/mol. The third kappa shape index (κ3) is 4.94. The quantitative estimate of drug-likeness (QED) is 0.647. The van der Waals surface area contributed by atoms with E-state index in [2.05, 4.69) is 5.32 Å². The number of benzene rings is 3. The van der Waals surface area contributed by atoms with E-state index in [1.54, 1.807) is 12.1 Å². The van der Waals surface area contributed by atoms with Crippen LogP contribution in [0.4, 0.5) is 10.1 Å². The molecule has 2 atom stereocenters. The zero-order chi connectivity index (χ0) is 19.2. The SMILES string of the molecule is C[C@H]([NH2+][C@H](C(=O)Nc1ccc(F)cc1)c1ccccc1)c1ccccc1Cl. The highest BCUT2D eigenvalue weighted by molar-refractivity contribution is 6.31. The van der Waals surface area contributed by atoms with Gasteiger partial charge in [-0.05, 0) is 37.3 Å². The van der Waals surface area contributed by atoms with Crippen LogP contribution in [0.5, 0.6) is 0 Å². The Labute approximate surface area is 163 Å².